The minimum atomic E-state index is 0.103. The van der Waals surface area contributed by atoms with Crippen molar-refractivity contribution in [3.63, 3.8) is 0 Å². The van der Waals surface area contributed by atoms with Crippen LogP contribution in [-0.4, -0.2) is 31.5 Å². The number of fused-ring (bicyclic) bond motifs is 1. The predicted molar refractivity (Wildman–Crippen MR) is 105 cm³/mol. The Morgan fingerprint density at radius 1 is 1.08 bits per heavy atom. The van der Waals surface area contributed by atoms with E-state index in [1.165, 1.54) is 0 Å². The summed E-state index contributed by atoms with van der Waals surface area (Å²) in [6, 6.07) is 14.1. The SMILES string of the molecule is CNCCCCCC(=O)Nc1cccc2ccccc12.O=CCS. The lowest BCUT2D eigenvalue weighted by Gasteiger charge is -2.08. The van der Waals surface area contributed by atoms with Crippen molar-refractivity contribution < 1.29 is 9.59 Å². The molecule has 4 nitrogen and oxygen atoms in total. The zero-order chi connectivity index (χ0) is 17.6. The van der Waals surface area contributed by atoms with Crippen LogP contribution in [0.3, 0.4) is 0 Å². The second kappa shape index (κ2) is 12.6. The molecule has 0 aliphatic carbocycles. The van der Waals surface area contributed by atoms with Gasteiger partial charge in [0.2, 0.25) is 5.91 Å². The molecule has 0 saturated heterocycles. The second-order valence-electron chi connectivity index (χ2n) is 5.34. The molecule has 0 aromatic heterocycles. The van der Waals surface area contributed by atoms with Gasteiger partial charge < -0.3 is 15.4 Å². The first-order valence-corrected chi connectivity index (χ1v) is 8.83. The van der Waals surface area contributed by atoms with E-state index in [0.717, 1.165) is 48.6 Å². The quantitative estimate of drug-likeness (QED) is 0.388. The summed E-state index contributed by atoms with van der Waals surface area (Å²) in [5, 5.41) is 8.38. The average Bonchev–Trinajstić information content (AvgIpc) is 2.62. The Hall–Kier alpha value is -1.85. The average molecular weight is 346 g/mol. The summed E-state index contributed by atoms with van der Waals surface area (Å²) < 4.78 is 0. The van der Waals surface area contributed by atoms with Crippen LogP contribution in [0.4, 0.5) is 5.69 Å². The van der Waals surface area contributed by atoms with Gasteiger partial charge in [-0.15, -0.1) is 0 Å². The second-order valence-corrected chi connectivity index (χ2v) is 5.70. The first-order valence-electron chi connectivity index (χ1n) is 8.19. The molecule has 130 valence electrons. The number of carbonyl (C=O) groups is 2. The number of rotatable bonds is 8. The maximum absolute atomic E-state index is 12.0. The summed E-state index contributed by atoms with van der Waals surface area (Å²) in [6.45, 7) is 1.02. The third-order valence-corrected chi connectivity index (χ3v) is 3.62. The Labute approximate surface area is 149 Å². The Balaban J connectivity index is 0.000000648. The molecule has 0 heterocycles. The van der Waals surface area contributed by atoms with Crippen LogP contribution in [0.2, 0.25) is 0 Å². The molecule has 0 unspecified atom stereocenters. The molecule has 2 rings (SSSR count). The van der Waals surface area contributed by atoms with Gasteiger partial charge in [0.25, 0.3) is 0 Å². The van der Waals surface area contributed by atoms with Crippen LogP contribution in [0.25, 0.3) is 10.8 Å². The van der Waals surface area contributed by atoms with Crippen LogP contribution in [0, 0.1) is 0 Å². The molecule has 2 N–H and O–H groups in total. The molecule has 0 radical (unpaired) electrons. The monoisotopic (exact) mass is 346 g/mol. The smallest absolute Gasteiger partial charge is 0.224 e. The largest absolute Gasteiger partial charge is 0.326 e. The molecule has 0 saturated carbocycles. The van der Waals surface area contributed by atoms with Gasteiger partial charge in [0.1, 0.15) is 6.29 Å². The Kier molecular flexibility index (Phi) is 10.6. The maximum atomic E-state index is 12.0. The van der Waals surface area contributed by atoms with E-state index in [1.807, 2.05) is 37.4 Å². The van der Waals surface area contributed by atoms with Crippen molar-refractivity contribution in [2.75, 3.05) is 24.7 Å². The normalized spacial score (nSPS) is 9.92. The van der Waals surface area contributed by atoms with Crippen LogP contribution in [-0.2, 0) is 9.59 Å². The fourth-order valence-electron chi connectivity index (χ4n) is 2.31. The number of hydrogen-bond donors (Lipinski definition) is 3. The summed E-state index contributed by atoms with van der Waals surface area (Å²) in [5.41, 5.74) is 0.906. The van der Waals surface area contributed by atoms with Crippen LogP contribution < -0.4 is 10.6 Å². The van der Waals surface area contributed by atoms with Gasteiger partial charge in [0.05, 0.1) is 0 Å². The van der Waals surface area contributed by atoms with E-state index >= 15 is 0 Å². The standard InChI is InChI=1S/C17H22N2O.C2H4OS/c1-18-13-6-2-3-12-17(20)19-16-11-7-9-14-8-4-5-10-15(14)16;3-1-2-4/h4-5,7-11,18H,2-3,6,12-13H2,1H3,(H,19,20);1,4H,2H2. The maximum Gasteiger partial charge on any atom is 0.224 e. The molecular formula is C19H26N2O2S. The van der Waals surface area contributed by atoms with Gasteiger partial charge in [0, 0.05) is 23.2 Å². The van der Waals surface area contributed by atoms with E-state index in [2.05, 4.69) is 35.4 Å². The van der Waals surface area contributed by atoms with E-state index in [-0.39, 0.29) is 5.91 Å². The zero-order valence-electron chi connectivity index (χ0n) is 14.1. The van der Waals surface area contributed by atoms with Crippen molar-refractivity contribution in [3.8, 4) is 0 Å². The summed E-state index contributed by atoms with van der Waals surface area (Å²) in [7, 11) is 1.95. The minimum Gasteiger partial charge on any atom is -0.326 e. The van der Waals surface area contributed by atoms with Crippen molar-refractivity contribution in [2.24, 2.45) is 0 Å². The van der Waals surface area contributed by atoms with Crippen molar-refractivity contribution in [3.05, 3.63) is 42.5 Å². The summed E-state index contributed by atoms with van der Waals surface area (Å²) in [5.74, 6) is 0.436. The lowest BCUT2D eigenvalue weighted by molar-refractivity contribution is -0.116. The highest BCUT2D eigenvalue weighted by Gasteiger charge is 2.05. The number of amides is 1. The number of thiol groups is 1. The van der Waals surface area contributed by atoms with Crippen molar-refractivity contribution in [2.45, 2.75) is 25.7 Å². The summed E-state index contributed by atoms with van der Waals surface area (Å²) >= 11 is 3.55. The van der Waals surface area contributed by atoms with Gasteiger partial charge in [-0.1, -0.05) is 42.8 Å². The third-order valence-electron chi connectivity index (χ3n) is 3.47. The number of unbranched alkanes of at least 4 members (excludes halogenated alkanes) is 2. The van der Waals surface area contributed by atoms with Crippen molar-refractivity contribution in [1.82, 2.24) is 5.32 Å². The number of nitrogens with one attached hydrogen (secondary N) is 2. The molecule has 0 spiro atoms. The highest BCUT2D eigenvalue weighted by molar-refractivity contribution is 7.80. The Bertz CT molecular complexity index is 626. The molecular weight excluding hydrogens is 320 g/mol. The Morgan fingerprint density at radius 2 is 1.79 bits per heavy atom. The molecule has 0 fully saturated rings. The van der Waals surface area contributed by atoms with Crippen molar-refractivity contribution >= 4 is 41.3 Å². The predicted octanol–water partition coefficient (Wildman–Crippen LogP) is 3.67. The van der Waals surface area contributed by atoms with Crippen molar-refractivity contribution in [1.29, 1.82) is 0 Å². The topological polar surface area (TPSA) is 58.2 Å². The molecule has 0 aliphatic rings. The molecule has 0 atom stereocenters. The van der Waals surface area contributed by atoms with Gasteiger partial charge >= 0.3 is 0 Å². The lowest BCUT2D eigenvalue weighted by Crippen LogP contribution is -2.12. The summed E-state index contributed by atoms with van der Waals surface area (Å²) in [4.78, 5) is 21.1. The van der Waals surface area contributed by atoms with Crippen LogP contribution >= 0.6 is 12.6 Å². The molecule has 5 heteroatoms. The van der Waals surface area contributed by atoms with Crippen LogP contribution in [0.15, 0.2) is 42.5 Å². The highest BCUT2D eigenvalue weighted by Crippen LogP contribution is 2.23. The van der Waals surface area contributed by atoms with E-state index in [9.17, 15) is 4.79 Å². The van der Waals surface area contributed by atoms with Gasteiger partial charge in [-0.05, 0) is 37.9 Å². The lowest BCUT2D eigenvalue weighted by atomic mass is 10.1. The van der Waals surface area contributed by atoms with Gasteiger partial charge in [0.15, 0.2) is 0 Å². The first kappa shape index (κ1) is 20.2. The number of benzene rings is 2. The Morgan fingerprint density at radius 3 is 2.50 bits per heavy atom. The van der Waals surface area contributed by atoms with E-state index in [0.29, 0.717) is 12.2 Å². The zero-order valence-corrected chi connectivity index (χ0v) is 15.0. The fraction of sp³-hybridized carbons (Fsp3) is 0.368. The molecule has 1 amide bonds. The fourth-order valence-corrected chi connectivity index (χ4v) is 2.31. The number of aldehydes is 1. The molecule has 2 aromatic rings. The van der Waals surface area contributed by atoms with Gasteiger partial charge in [-0.25, -0.2) is 0 Å². The van der Waals surface area contributed by atoms with E-state index < -0.39 is 0 Å². The number of carbonyl (C=O) groups excluding carboxylic acids is 2. The molecule has 24 heavy (non-hydrogen) atoms. The van der Waals surface area contributed by atoms with Gasteiger partial charge in [-0.3, -0.25) is 4.79 Å². The first-order chi connectivity index (χ1) is 11.7. The van der Waals surface area contributed by atoms with E-state index in [1.54, 1.807) is 0 Å². The van der Waals surface area contributed by atoms with Gasteiger partial charge in [-0.2, -0.15) is 12.6 Å². The highest BCUT2D eigenvalue weighted by atomic mass is 32.1. The van der Waals surface area contributed by atoms with E-state index in [4.69, 9.17) is 4.79 Å². The summed E-state index contributed by atoms with van der Waals surface area (Å²) in [6.07, 6.45) is 4.48. The number of anilines is 1. The molecule has 0 aliphatic heterocycles. The molecule has 0 bridgehead atoms. The molecule has 2 aromatic carbocycles. The minimum absolute atomic E-state index is 0.103. The number of hydrogen-bond acceptors (Lipinski definition) is 4. The van der Waals surface area contributed by atoms with Crippen LogP contribution in [0.5, 0.6) is 0 Å². The van der Waals surface area contributed by atoms with Crippen LogP contribution in [0.1, 0.15) is 25.7 Å². The third kappa shape index (κ3) is 7.62.